The first-order valence-corrected chi connectivity index (χ1v) is 22.7. The van der Waals surface area contributed by atoms with Crippen LogP contribution in [-0.2, 0) is 14.4 Å². The zero-order chi connectivity index (χ0) is 29.6. The van der Waals surface area contributed by atoms with Crippen LogP contribution in [0.3, 0.4) is 0 Å². The Morgan fingerprint density at radius 1 is 0.974 bits per heavy atom. The van der Waals surface area contributed by atoms with Gasteiger partial charge in [-0.05, 0) is 19.4 Å². The Kier molecular flexibility index (Phi) is 21.6. The maximum absolute atomic E-state index is 12.1. The number of hydrogen-bond donors (Lipinski definition) is 7. The molecule has 0 heterocycles. The normalized spacial score (nSPS) is 11.4. The standard InChI is InChI=1S/C19H29N4O3.C3H6O2.CH2O2.3CH3.Sn/c1-3-9-17(21-14-18(24)25)22-15(2)10-7-8-13-20-19(26)23-16-11-5-4-6-12-16;1-2-3(4)5;2-1-3;;;;/h5-6,9,11-12,15,21-22H,3,7-8,10,13-14H2,1-2H3,(H,24,25)(H2,20,23,26);2H2,1H3,(H,4,5);1H,(H,2,3);3*1H3;/b17-9+;;;;;;. The monoisotopic (exact) mass is 646 g/mol. The van der Waals surface area contributed by atoms with Gasteiger partial charge >= 0.3 is 132 Å². The first-order chi connectivity index (χ1) is 17.8. The Bertz CT molecular complexity index is 856. The fourth-order valence-corrected chi connectivity index (χ4v) is 6.23. The third-order valence-electron chi connectivity index (χ3n) is 4.90. The molecule has 0 fully saturated rings. The van der Waals surface area contributed by atoms with Gasteiger partial charge in [0.15, 0.2) is 0 Å². The van der Waals surface area contributed by atoms with Gasteiger partial charge in [0.05, 0.1) is 5.82 Å². The average Bonchev–Trinajstić information content (AvgIpc) is 2.83. The van der Waals surface area contributed by atoms with E-state index in [4.69, 9.17) is 20.1 Å². The van der Waals surface area contributed by atoms with Crippen molar-refractivity contribution in [2.45, 2.75) is 73.7 Å². The van der Waals surface area contributed by atoms with Gasteiger partial charge in [0.25, 0.3) is 6.47 Å². The topological polar surface area (TPSA) is 177 Å². The van der Waals surface area contributed by atoms with Crippen LogP contribution in [0.25, 0.3) is 0 Å². The summed E-state index contributed by atoms with van der Waals surface area (Å²) in [6.45, 7) is 5.93. The smallest absolute Gasteiger partial charge is 0.303 e. The number of benzene rings is 1. The molecule has 0 aliphatic rings. The van der Waals surface area contributed by atoms with Gasteiger partial charge in [-0.15, -0.1) is 0 Å². The van der Waals surface area contributed by atoms with Crippen molar-refractivity contribution >= 4 is 52.1 Å². The van der Waals surface area contributed by atoms with E-state index < -0.39 is 30.3 Å². The van der Waals surface area contributed by atoms with Crippen LogP contribution < -0.4 is 24.8 Å². The molecule has 0 saturated carbocycles. The second-order valence-corrected chi connectivity index (χ2v) is 23.9. The Balaban J connectivity index is 0. The van der Waals surface area contributed by atoms with E-state index in [1.807, 2.05) is 25.1 Å². The Hall–Kier alpha value is -2.96. The number of unbranched alkanes of at least 4 members (excludes halogenated alkanes) is 1. The molecular weight excluding hydrogens is 599 g/mol. The van der Waals surface area contributed by atoms with E-state index in [2.05, 4.69) is 55.1 Å². The molecule has 1 aromatic carbocycles. The van der Waals surface area contributed by atoms with Crippen LogP contribution in [0.2, 0.25) is 14.8 Å². The fraction of sp³-hybridized carbons (Fsp3) is 0.538. The molecule has 12 heteroatoms. The number of amides is 2. The first-order valence-electron chi connectivity index (χ1n) is 12.7. The summed E-state index contributed by atoms with van der Waals surface area (Å²) in [5.74, 6) is -0.875. The van der Waals surface area contributed by atoms with Crippen LogP contribution in [0.4, 0.5) is 10.5 Å². The molecule has 1 atom stereocenters. The van der Waals surface area contributed by atoms with E-state index in [1.165, 1.54) is 3.58 Å². The first kappa shape index (κ1) is 37.2. The zero-order valence-electron chi connectivity index (χ0n) is 23.5. The number of aliphatic carboxylic acids is 2. The molecule has 0 aromatic heterocycles. The van der Waals surface area contributed by atoms with E-state index in [9.17, 15) is 14.4 Å². The molecule has 0 bridgehead atoms. The summed E-state index contributed by atoms with van der Waals surface area (Å²) in [5, 5.41) is 35.4. The molecule has 11 nitrogen and oxygen atoms in total. The summed E-state index contributed by atoms with van der Waals surface area (Å²) in [7, 11) is 0. The van der Waals surface area contributed by atoms with Crippen molar-refractivity contribution in [3.05, 3.63) is 36.2 Å². The number of carboxylic acids is 2. The minimum absolute atomic E-state index is 0.105. The minimum Gasteiger partial charge on any atom is -0.483 e. The van der Waals surface area contributed by atoms with Gasteiger partial charge in [-0.2, -0.15) is 0 Å². The molecule has 1 rings (SSSR count). The molecule has 216 valence electrons. The van der Waals surface area contributed by atoms with Gasteiger partial charge < -0.3 is 26.0 Å². The van der Waals surface area contributed by atoms with Crippen molar-refractivity contribution < 1.29 is 34.5 Å². The molecule has 2 amide bonds. The van der Waals surface area contributed by atoms with Crippen LogP contribution in [0, 0.1) is 0 Å². The SMILES string of the molecule is CC/C=C(\NCC(=O)O)NC(C)CCCCNC(=O)Nc1cc[c]([Sn]([CH3])([CH3])[CH3])cc1.CCC(=O)O.O=CO. The number of carboxylic acid groups (broad SMARTS) is 3. The third-order valence-corrected chi connectivity index (χ3v) is 10.8. The fourth-order valence-electron chi connectivity index (χ4n) is 2.90. The summed E-state index contributed by atoms with van der Waals surface area (Å²) in [4.78, 5) is 47.6. The van der Waals surface area contributed by atoms with E-state index in [0.717, 1.165) is 37.2 Å². The minimum atomic E-state index is -2.05. The number of rotatable bonds is 14. The predicted molar refractivity (Wildman–Crippen MR) is 154 cm³/mol. The molecule has 38 heavy (non-hydrogen) atoms. The van der Waals surface area contributed by atoms with Gasteiger partial charge in [-0.3, -0.25) is 14.4 Å². The second kappa shape index (κ2) is 22.1. The van der Waals surface area contributed by atoms with Gasteiger partial charge in [0.1, 0.15) is 6.54 Å². The van der Waals surface area contributed by atoms with Crippen LogP contribution in [0.15, 0.2) is 36.2 Å². The molecule has 0 aliphatic carbocycles. The molecular formula is C26H46N4O7Sn. The van der Waals surface area contributed by atoms with Crippen molar-refractivity contribution in [3.63, 3.8) is 0 Å². The van der Waals surface area contributed by atoms with E-state index in [-0.39, 0.29) is 31.5 Å². The van der Waals surface area contributed by atoms with E-state index in [1.54, 1.807) is 6.92 Å². The number of allylic oxidation sites excluding steroid dienone is 1. The number of carbonyl (C=O) groups excluding carboxylic acids is 1. The summed E-state index contributed by atoms with van der Waals surface area (Å²) < 4.78 is 1.44. The van der Waals surface area contributed by atoms with Gasteiger partial charge in [0, 0.05) is 6.42 Å². The van der Waals surface area contributed by atoms with Crippen molar-refractivity contribution in [2.24, 2.45) is 0 Å². The Labute approximate surface area is 230 Å². The van der Waals surface area contributed by atoms with Gasteiger partial charge in [-0.1, -0.05) is 13.8 Å². The quantitative estimate of drug-likeness (QED) is 0.0905. The van der Waals surface area contributed by atoms with Gasteiger partial charge in [-0.25, -0.2) is 0 Å². The van der Waals surface area contributed by atoms with E-state index >= 15 is 0 Å². The number of hydrogen-bond acceptors (Lipinski definition) is 6. The summed E-state index contributed by atoms with van der Waals surface area (Å²) in [6.07, 6.45) is 5.76. The summed E-state index contributed by atoms with van der Waals surface area (Å²) in [6, 6.07) is 8.25. The van der Waals surface area contributed by atoms with Crippen LogP contribution in [-0.4, -0.2) is 77.3 Å². The van der Waals surface area contributed by atoms with Crippen LogP contribution in [0.5, 0.6) is 0 Å². The maximum Gasteiger partial charge on any atom is 0.303 e. The zero-order valence-corrected chi connectivity index (χ0v) is 26.3. The maximum atomic E-state index is 12.1. The number of urea groups is 1. The molecule has 0 radical (unpaired) electrons. The predicted octanol–water partition coefficient (Wildman–Crippen LogP) is 3.61. The average molecular weight is 645 g/mol. The largest absolute Gasteiger partial charge is 0.483 e. The molecule has 0 saturated heterocycles. The number of anilines is 1. The molecule has 0 spiro atoms. The van der Waals surface area contributed by atoms with Crippen molar-refractivity contribution in [1.82, 2.24) is 16.0 Å². The summed E-state index contributed by atoms with van der Waals surface area (Å²) >= 11 is -2.05. The van der Waals surface area contributed by atoms with Gasteiger partial charge in [0.2, 0.25) is 0 Å². The Morgan fingerprint density at radius 3 is 1.97 bits per heavy atom. The van der Waals surface area contributed by atoms with Crippen LogP contribution >= 0.6 is 0 Å². The van der Waals surface area contributed by atoms with Crippen molar-refractivity contribution in [3.8, 4) is 0 Å². The molecule has 1 unspecified atom stereocenters. The molecule has 0 aliphatic heterocycles. The van der Waals surface area contributed by atoms with Crippen molar-refractivity contribution in [2.75, 3.05) is 18.4 Å². The summed E-state index contributed by atoms with van der Waals surface area (Å²) in [5.41, 5.74) is 0.814. The van der Waals surface area contributed by atoms with Crippen LogP contribution in [0.1, 0.15) is 52.9 Å². The number of carbonyl (C=O) groups is 4. The number of nitrogens with one attached hydrogen (secondary N) is 4. The second-order valence-electron chi connectivity index (χ2n) is 9.38. The molecule has 1 aromatic rings. The Morgan fingerprint density at radius 2 is 1.53 bits per heavy atom. The molecule has 7 N–H and O–H groups in total. The third kappa shape index (κ3) is 22.3. The van der Waals surface area contributed by atoms with Crippen molar-refractivity contribution in [1.29, 1.82) is 0 Å². The van der Waals surface area contributed by atoms with E-state index in [0.29, 0.717) is 6.54 Å².